The molecule has 27 heavy (non-hydrogen) atoms. The number of rotatable bonds is 7. The summed E-state index contributed by atoms with van der Waals surface area (Å²) >= 11 is 0. The number of nitrogens with two attached hydrogens (primary N) is 1. The molecule has 0 aliphatic rings. The number of hydrogen-bond donors (Lipinski definition) is 2. The number of primary amides is 1. The fourth-order valence-corrected chi connectivity index (χ4v) is 2.45. The number of anilines is 1. The van der Waals surface area contributed by atoms with Gasteiger partial charge in [0, 0.05) is 24.9 Å². The average Bonchev–Trinajstić information content (AvgIpc) is 2.66. The van der Waals surface area contributed by atoms with E-state index in [1.165, 1.54) is 32.2 Å². The van der Waals surface area contributed by atoms with Gasteiger partial charge >= 0.3 is 0 Å². The predicted octanol–water partition coefficient (Wildman–Crippen LogP) is 2.11. The molecule has 0 radical (unpaired) electrons. The van der Waals surface area contributed by atoms with Crippen LogP contribution in [0.15, 0.2) is 42.6 Å². The lowest BCUT2D eigenvalue weighted by atomic mass is 10.1. The molecule has 0 aliphatic carbocycles. The molecule has 0 spiro atoms. The van der Waals surface area contributed by atoms with Crippen molar-refractivity contribution in [3.05, 3.63) is 64.0 Å². The first-order valence-corrected chi connectivity index (χ1v) is 8.24. The smallest absolute Gasteiger partial charge is 0.293 e. The number of nitro groups is 1. The summed E-state index contributed by atoms with van der Waals surface area (Å²) in [5.74, 6) is -1.20. The number of carbonyl (C=O) groups is 2. The van der Waals surface area contributed by atoms with Crippen LogP contribution in [-0.2, 0) is 4.79 Å². The maximum Gasteiger partial charge on any atom is 0.293 e. The van der Waals surface area contributed by atoms with Crippen LogP contribution in [0.3, 0.4) is 0 Å². The SMILES string of the molecule is C[C@H](Nc1ccc(C(=O)N(C)[C@H](C)C(N)=O)cc1[N+](=O)[O-])c1ccccn1. The number of likely N-dealkylation sites (N-methyl/N-ethyl adjacent to an activating group) is 1. The average molecular weight is 371 g/mol. The molecule has 2 aromatic rings. The van der Waals surface area contributed by atoms with E-state index in [9.17, 15) is 19.7 Å². The summed E-state index contributed by atoms with van der Waals surface area (Å²) < 4.78 is 0. The highest BCUT2D eigenvalue weighted by atomic mass is 16.6. The van der Waals surface area contributed by atoms with Gasteiger partial charge in [0.1, 0.15) is 11.7 Å². The molecule has 0 bridgehead atoms. The standard InChI is InChI=1S/C18H21N5O4/c1-11(14-6-4-5-9-20-14)21-15-8-7-13(10-16(15)23(26)27)18(25)22(3)12(2)17(19)24/h4-12,21H,1-3H3,(H2,19,24)/t11-,12+/m0/s1. The Morgan fingerprint density at radius 1 is 1.26 bits per heavy atom. The molecule has 2 amide bonds. The minimum absolute atomic E-state index is 0.0911. The fourth-order valence-electron chi connectivity index (χ4n) is 2.45. The Labute approximate surface area is 156 Å². The van der Waals surface area contributed by atoms with E-state index < -0.39 is 22.8 Å². The third kappa shape index (κ3) is 4.57. The molecule has 9 heteroatoms. The highest BCUT2D eigenvalue weighted by Gasteiger charge is 2.25. The van der Waals surface area contributed by atoms with Crippen molar-refractivity contribution in [2.24, 2.45) is 5.73 Å². The first-order valence-electron chi connectivity index (χ1n) is 8.24. The second kappa shape index (κ2) is 8.26. The third-order valence-corrected chi connectivity index (χ3v) is 4.26. The predicted molar refractivity (Wildman–Crippen MR) is 100 cm³/mol. The van der Waals surface area contributed by atoms with Gasteiger partial charge in [-0.25, -0.2) is 0 Å². The van der Waals surface area contributed by atoms with Gasteiger partial charge in [-0.2, -0.15) is 0 Å². The molecule has 0 saturated heterocycles. The molecule has 9 nitrogen and oxygen atoms in total. The summed E-state index contributed by atoms with van der Waals surface area (Å²) in [6.45, 7) is 3.31. The fraction of sp³-hybridized carbons (Fsp3) is 0.278. The zero-order valence-corrected chi connectivity index (χ0v) is 15.2. The Bertz CT molecular complexity index is 856. The molecule has 1 aromatic heterocycles. The molecule has 2 rings (SSSR count). The number of carbonyl (C=O) groups excluding carboxylic acids is 2. The number of aromatic nitrogens is 1. The van der Waals surface area contributed by atoms with Crippen LogP contribution in [-0.4, -0.2) is 39.7 Å². The van der Waals surface area contributed by atoms with Gasteiger partial charge in [-0.3, -0.25) is 24.7 Å². The van der Waals surface area contributed by atoms with Crippen molar-refractivity contribution in [2.45, 2.75) is 25.9 Å². The molecule has 0 aliphatic heterocycles. The van der Waals surface area contributed by atoms with Crippen LogP contribution in [0.5, 0.6) is 0 Å². The van der Waals surface area contributed by atoms with E-state index in [-0.39, 0.29) is 23.0 Å². The highest BCUT2D eigenvalue weighted by Crippen LogP contribution is 2.29. The second-order valence-electron chi connectivity index (χ2n) is 6.10. The molecule has 0 fully saturated rings. The van der Waals surface area contributed by atoms with Crippen molar-refractivity contribution in [3.63, 3.8) is 0 Å². The Balaban J connectivity index is 2.30. The van der Waals surface area contributed by atoms with Crippen LogP contribution >= 0.6 is 0 Å². The molecular weight excluding hydrogens is 350 g/mol. The highest BCUT2D eigenvalue weighted by molar-refractivity contribution is 5.98. The zero-order valence-electron chi connectivity index (χ0n) is 15.2. The van der Waals surface area contributed by atoms with Crippen LogP contribution in [0.1, 0.15) is 35.9 Å². The van der Waals surface area contributed by atoms with E-state index in [2.05, 4.69) is 10.3 Å². The largest absolute Gasteiger partial charge is 0.371 e. The minimum atomic E-state index is -0.835. The van der Waals surface area contributed by atoms with E-state index in [4.69, 9.17) is 5.73 Å². The Morgan fingerprint density at radius 2 is 1.96 bits per heavy atom. The lowest BCUT2D eigenvalue weighted by Crippen LogP contribution is -2.43. The summed E-state index contributed by atoms with van der Waals surface area (Å²) in [4.78, 5) is 40.0. The molecule has 142 valence electrons. The lowest BCUT2D eigenvalue weighted by Gasteiger charge is -2.22. The van der Waals surface area contributed by atoms with Crippen LogP contribution in [0.25, 0.3) is 0 Å². The number of hydrogen-bond acceptors (Lipinski definition) is 6. The van der Waals surface area contributed by atoms with Crippen LogP contribution < -0.4 is 11.1 Å². The first kappa shape index (κ1) is 19.8. The Hall–Kier alpha value is -3.49. The maximum absolute atomic E-state index is 12.5. The van der Waals surface area contributed by atoms with E-state index >= 15 is 0 Å². The Kier molecular flexibility index (Phi) is 6.07. The van der Waals surface area contributed by atoms with Crippen molar-refractivity contribution in [1.29, 1.82) is 0 Å². The van der Waals surface area contributed by atoms with Crippen molar-refractivity contribution in [3.8, 4) is 0 Å². The number of nitrogens with zero attached hydrogens (tertiary/aromatic N) is 3. The van der Waals surface area contributed by atoms with Gasteiger partial charge < -0.3 is 16.0 Å². The van der Waals surface area contributed by atoms with Gasteiger partial charge in [-0.05, 0) is 38.1 Å². The van der Waals surface area contributed by atoms with Gasteiger partial charge in [-0.1, -0.05) is 6.07 Å². The van der Waals surface area contributed by atoms with E-state index in [1.807, 2.05) is 19.1 Å². The van der Waals surface area contributed by atoms with Gasteiger partial charge in [0.2, 0.25) is 5.91 Å². The maximum atomic E-state index is 12.5. The van der Waals surface area contributed by atoms with Gasteiger partial charge in [-0.15, -0.1) is 0 Å². The quantitative estimate of drug-likeness (QED) is 0.566. The Morgan fingerprint density at radius 3 is 2.52 bits per heavy atom. The van der Waals surface area contributed by atoms with Crippen molar-refractivity contribution >= 4 is 23.2 Å². The molecule has 0 saturated carbocycles. The second-order valence-corrected chi connectivity index (χ2v) is 6.10. The topological polar surface area (TPSA) is 131 Å². The first-order chi connectivity index (χ1) is 12.7. The van der Waals surface area contributed by atoms with E-state index in [1.54, 1.807) is 12.3 Å². The van der Waals surface area contributed by atoms with Crippen LogP contribution in [0, 0.1) is 10.1 Å². The normalized spacial score (nSPS) is 12.7. The molecular formula is C18H21N5O4. The number of nitro benzene ring substituents is 1. The summed E-state index contributed by atoms with van der Waals surface area (Å²) in [6.07, 6.45) is 1.64. The third-order valence-electron chi connectivity index (χ3n) is 4.26. The van der Waals surface area contributed by atoms with Crippen LogP contribution in [0.4, 0.5) is 11.4 Å². The van der Waals surface area contributed by atoms with E-state index in [0.29, 0.717) is 0 Å². The van der Waals surface area contributed by atoms with E-state index in [0.717, 1.165) is 10.6 Å². The number of nitrogens with one attached hydrogen (secondary N) is 1. The van der Waals surface area contributed by atoms with Crippen molar-refractivity contribution < 1.29 is 14.5 Å². The van der Waals surface area contributed by atoms with Crippen molar-refractivity contribution in [2.75, 3.05) is 12.4 Å². The molecule has 1 aromatic carbocycles. The molecule has 0 unspecified atom stereocenters. The number of pyridine rings is 1. The number of benzene rings is 1. The summed E-state index contributed by atoms with van der Waals surface area (Å²) in [5, 5.41) is 14.5. The van der Waals surface area contributed by atoms with Crippen molar-refractivity contribution in [1.82, 2.24) is 9.88 Å². The van der Waals surface area contributed by atoms with Gasteiger partial charge in [0.05, 0.1) is 16.7 Å². The summed E-state index contributed by atoms with van der Waals surface area (Å²) in [5.41, 5.74) is 6.04. The monoisotopic (exact) mass is 371 g/mol. The lowest BCUT2D eigenvalue weighted by molar-refractivity contribution is -0.384. The molecule has 1 heterocycles. The van der Waals surface area contributed by atoms with Gasteiger partial charge in [0.25, 0.3) is 11.6 Å². The number of amides is 2. The molecule has 2 atom stereocenters. The zero-order chi connectivity index (χ0) is 20.1. The molecule has 3 N–H and O–H groups in total. The van der Waals surface area contributed by atoms with Gasteiger partial charge in [0.15, 0.2) is 0 Å². The summed E-state index contributed by atoms with van der Waals surface area (Å²) in [7, 11) is 1.42. The summed E-state index contributed by atoms with van der Waals surface area (Å²) in [6, 6.07) is 8.42. The van der Waals surface area contributed by atoms with Crippen LogP contribution in [0.2, 0.25) is 0 Å². The minimum Gasteiger partial charge on any atom is -0.371 e.